The van der Waals surface area contributed by atoms with Gasteiger partial charge in [-0.1, -0.05) is 20.8 Å². The molecule has 0 fully saturated rings. The number of hydrogen-bond acceptors (Lipinski definition) is 4. The first-order valence-corrected chi connectivity index (χ1v) is 6.44. The number of amides is 2. The van der Waals surface area contributed by atoms with Crippen LogP contribution in [-0.2, 0) is 9.59 Å². The van der Waals surface area contributed by atoms with Gasteiger partial charge in [-0.3, -0.25) is 9.59 Å². The van der Waals surface area contributed by atoms with E-state index in [2.05, 4.69) is 10.6 Å². The summed E-state index contributed by atoms with van der Waals surface area (Å²) in [6, 6.07) is 6.64. The Kier molecular flexibility index (Phi) is 5.30. The van der Waals surface area contributed by atoms with Crippen LogP contribution in [0, 0.1) is 16.7 Å². The molecule has 0 unspecified atom stereocenters. The molecule has 0 aromatic heterocycles. The summed E-state index contributed by atoms with van der Waals surface area (Å²) in [6.45, 7) is 5.43. The zero-order valence-corrected chi connectivity index (χ0v) is 12.6. The highest BCUT2D eigenvalue weighted by molar-refractivity contribution is 5.97. The smallest absolute Gasteiger partial charge is 0.238 e. The Bertz CT molecular complexity index is 583. The molecule has 0 aliphatic rings. The van der Waals surface area contributed by atoms with Crippen LogP contribution < -0.4 is 15.4 Å². The first-order valence-electron chi connectivity index (χ1n) is 6.44. The quantitative estimate of drug-likeness (QED) is 0.891. The van der Waals surface area contributed by atoms with Crippen molar-refractivity contribution < 1.29 is 14.3 Å². The van der Waals surface area contributed by atoms with Crippen LogP contribution in [0.2, 0.25) is 0 Å². The lowest BCUT2D eigenvalue weighted by Gasteiger charge is -2.19. The molecule has 1 aromatic rings. The van der Waals surface area contributed by atoms with E-state index >= 15 is 0 Å². The SMILES string of the molecule is COc1cc(NC(=O)CC#N)ccc1NC(=O)C(C)(C)C. The average Bonchev–Trinajstić information content (AvgIpc) is 2.39. The number of carbonyl (C=O) groups excluding carboxylic acids is 2. The number of anilines is 2. The van der Waals surface area contributed by atoms with Crippen LogP contribution in [0.15, 0.2) is 18.2 Å². The Morgan fingerprint density at radius 1 is 1.29 bits per heavy atom. The summed E-state index contributed by atoms with van der Waals surface area (Å²) in [6.07, 6.45) is -0.217. The van der Waals surface area contributed by atoms with Gasteiger partial charge in [-0.25, -0.2) is 0 Å². The normalized spacial score (nSPS) is 10.4. The van der Waals surface area contributed by atoms with Crippen molar-refractivity contribution >= 4 is 23.2 Å². The molecule has 0 radical (unpaired) electrons. The maximum Gasteiger partial charge on any atom is 0.238 e. The predicted molar refractivity (Wildman–Crippen MR) is 79.9 cm³/mol. The Morgan fingerprint density at radius 3 is 2.48 bits per heavy atom. The van der Waals surface area contributed by atoms with E-state index in [0.717, 1.165) is 0 Å². The summed E-state index contributed by atoms with van der Waals surface area (Å²) < 4.78 is 5.21. The number of carbonyl (C=O) groups is 2. The molecule has 21 heavy (non-hydrogen) atoms. The number of nitrogens with zero attached hydrogens (tertiary/aromatic N) is 1. The van der Waals surface area contributed by atoms with E-state index in [-0.39, 0.29) is 12.3 Å². The van der Waals surface area contributed by atoms with Crippen molar-refractivity contribution in [3.8, 4) is 11.8 Å². The number of nitriles is 1. The molecule has 0 aliphatic carbocycles. The molecule has 1 aromatic carbocycles. The average molecular weight is 289 g/mol. The van der Waals surface area contributed by atoms with Gasteiger partial charge < -0.3 is 15.4 Å². The lowest BCUT2D eigenvalue weighted by atomic mass is 9.95. The third kappa shape index (κ3) is 4.80. The molecule has 112 valence electrons. The highest BCUT2D eigenvalue weighted by atomic mass is 16.5. The Hall–Kier alpha value is -2.55. The van der Waals surface area contributed by atoms with Gasteiger partial charge in [0.05, 0.1) is 18.9 Å². The van der Waals surface area contributed by atoms with E-state index in [1.807, 2.05) is 20.8 Å². The number of rotatable bonds is 4. The van der Waals surface area contributed by atoms with Crippen molar-refractivity contribution in [3.63, 3.8) is 0 Å². The van der Waals surface area contributed by atoms with Crippen molar-refractivity contribution in [1.82, 2.24) is 0 Å². The van der Waals surface area contributed by atoms with Gasteiger partial charge in [0.1, 0.15) is 12.2 Å². The van der Waals surface area contributed by atoms with Crippen LogP contribution in [0.4, 0.5) is 11.4 Å². The fraction of sp³-hybridized carbons (Fsp3) is 0.400. The van der Waals surface area contributed by atoms with Crippen molar-refractivity contribution in [2.45, 2.75) is 27.2 Å². The summed E-state index contributed by atoms with van der Waals surface area (Å²) in [5.74, 6) is -0.101. The van der Waals surface area contributed by atoms with E-state index in [0.29, 0.717) is 17.1 Å². The number of ether oxygens (including phenoxy) is 1. The zero-order chi connectivity index (χ0) is 16.0. The highest BCUT2D eigenvalue weighted by Crippen LogP contribution is 2.29. The van der Waals surface area contributed by atoms with Gasteiger partial charge in [-0.05, 0) is 12.1 Å². The lowest BCUT2D eigenvalue weighted by molar-refractivity contribution is -0.123. The van der Waals surface area contributed by atoms with E-state index in [4.69, 9.17) is 10.00 Å². The molecule has 0 saturated carbocycles. The molecule has 0 aliphatic heterocycles. The lowest BCUT2D eigenvalue weighted by Crippen LogP contribution is -2.27. The first kappa shape index (κ1) is 16.5. The van der Waals surface area contributed by atoms with Crippen LogP contribution in [0.1, 0.15) is 27.2 Å². The summed E-state index contributed by atoms with van der Waals surface area (Å²) in [4.78, 5) is 23.3. The number of benzene rings is 1. The second-order valence-electron chi connectivity index (χ2n) is 5.50. The van der Waals surface area contributed by atoms with Gasteiger partial charge in [0.25, 0.3) is 0 Å². The Morgan fingerprint density at radius 2 is 1.95 bits per heavy atom. The largest absolute Gasteiger partial charge is 0.494 e. The predicted octanol–water partition coefficient (Wildman–Crippen LogP) is 2.53. The van der Waals surface area contributed by atoms with Crippen molar-refractivity contribution in [2.24, 2.45) is 5.41 Å². The molecule has 2 amide bonds. The van der Waals surface area contributed by atoms with E-state index < -0.39 is 11.3 Å². The molecule has 0 heterocycles. The van der Waals surface area contributed by atoms with E-state index in [1.165, 1.54) is 7.11 Å². The molecular formula is C15H19N3O3. The number of methoxy groups -OCH3 is 1. The first-order chi connectivity index (χ1) is 9.77. The van der Waals surface area contributed by atoms with Crippen LogP contribution >= 0.6 is 0 Å². The van der Waals surface area contributed by atoms with Crippen molar-refractivity contribution in [1.29, 1.82) is 5.26 Å². The van der Waals surface area contributed by atoms with Gasteiger partial charge in [-0.15, -0.1) is 0 Å². The fourth-order valence-electron chi connectivity index (χ4n) is 1.46. The maximum absolute atomic E-state index is 12.0. The van der Waals surface area contributed by atoms with E-state index in [9.17, 15) is 9.59 Å². The summed E-state index contributed by atoms with van der Waals surface area (Å²) >= 11 is 0. The minimum atomic E-state index is -0.523. The minimum Gasteiger partial charge on any atom is -0.494 e. The minimum absolute atomic E-state index is 0.137. The summed E-state index contributed by atoms with van der Waals surface area (Å²) in [7, 11) is 1.48. The molecule has 0 spiro atoms. The van der Waals surface area contributed by atoms with Crippen LogP contribution in [0.5, 0.6) is 5.75 Å². The third-order valence-electron chi connectivity index (χ3n) is 2.65. The van der Waals surface area contributed by atoms with Crippen LogP contribution in [-0.4, -0.2) is 18.9 Å². The summed E-state index contributed by atoms with van der Waals surface area (Å²) in [5.41, 5.74) is 0.501. The zero-order valence-electron chi connectivity index (χ0n) is 12.6. The molecule has 1 rings (SSSR count). The molecule has 2 N–H and O–H groups in total. The molecule has 6 heteroatoms. The second kappa shape index (κ2) is 6.75. The van der Waals surface area contributed by atoms with Gasteiger partial charge in [0, 0.05) is 17.2 Å². The summed E-state index contributed by atoms with van der Waals surface area (Å²) in [5, 5.41) is 13.8. The maximum atomic E-state index is 12.0. The number of nitrogens with one attached hydrogen (secondary N) is 2. The monoisotopic (exact) mass is 289 g/mol. The Labute approximate surface area is 124 Å². The van der Waals surface area contributed by atoms with Gasteiger partial charge in [0.2, 0.25) is 11.8 Å². The second-order valence-corrected chi connectivity index (χ2v) is 5.50. The van der Waals surface area contributed by atoms with Gasteiger partial charge in [0.15, 0.2) is 0 Å². The topological polar surface area (TPSA) is 91.2 Å². The van der Waals surface area contributed by atoms with E-state index in [1.54, 1.807) is 24.3 Å². The molecule has 0 bridgehead atoms. The molecule has 0 atom stereocenters. The fourth-order valence-corrected chi connectivity index (χ4v) is 1.46. The van der Waals surface area contributed by atoms with Crippen LogP contribution in [0.3, 0.4) is 0 Å². The Balaban J connectivity index is 2.92. The van der Waals surface area contributed by atoms with Gasteiger partial charge in [-0.2, -0.15) is 5.26 Å². The van der Waals surface area contributed by atoms with Crippen LogP contribution in [0.25, 0.3) is 0 Å². The number of hydrogen-bond donors (Lipinski definition) is 2. The molecular weight excluding hydrogens is 270 g/mol. The highest BCUT2D eigenvalue weighted by Gasteiger charge is 2.22. The van der Waals surface area contributed by atoms with Gasteiger partial charge >= 0.3 is 0 Å². The third-order valence-corrected chi connectivity index (χ3v) is 2.65. The standard InChI is InChI=1S/C15H19N3O3/c1-15(2,3)14(20)18-11-6-5-10(9-12(11)21-4)17-13(19)7-8-16/h5-6,9H,7H2,1-4H3,(H,17,19)(H,18,20). The van der Waals surface area contributed by atoms with Crippen molar-refractivity contribution in [3.05, 3.63) is 18.2 Å². The molecule has 0 saturated heterocycles. The van der Waals surface area contributed by atoms with Crippen molar-refractivity contribution in [2.75, 3.05) is 17.7 Å². The molecule has 6 nitrogen and oxygen atoms in total.